The first-order chi connectivity index (χ1) is 15.5. The Labute approximate surface area is 202 Å². The average Bonchev–Trinajstić information content (AvgIpc) is 3.02. The Morgan fingerprint density at radius 2 is 1.73 bits per heavy atom. The summed E-state index contributed by atoms with van der Waals surface area (Å²) in [6.45, 7) is 9.38. The number of carbonyl (C=O) groups is 3. The number of ether oxygens (including phenoxy) is 2. The van der Waals surface area contributed by atoms with Gasteiger partial charge in [-0.3, -0.25) is 14.4 Å². The molecule has 6 heteroatoms. The molecule has 7 atom stereocenters. The fraction of sp³-hybridized carbons (Fsp3) is 0.741. The lowest BCUT2D eigenvalue weighted by molar-refractivity contribution is -0.185. The quantitative estimate of drug-likeness (QED) is 0.462. The van der Waals surface area contributed by atoms with Gasteiger partial charge in [0.25, 0.3) is 0 Å². The van der Waals surface area contributed by atoms with Gasteiger partial charge in [0.1, 0.15) is 6.10 Å². The summed E-state index contributed by atoms with van der Waals surface area (Å²) in [7, 11) is 0. The molecule has 2 saturated carbocycles. The van der Waals surface area contributed by atoms with Crippen LogP contribution in [0.5, 0.6) is 0 Å². The smallest absolute Gasteiger partial charge is 0.306 e. The summed E-state index contributed by atoms with van der Waals surface area (Å²) in [5.74, 6) is 0.271. The second-order valence-electron chi connectivity index (χ2n) is 11.1. The van der Waals surface area contributed by atoms with Crippen LogP contribution in [0.25, 0.3) is 0 Å². The normalized spacial score (nSPS) is 41.6. The van der Waals surface area contributed by atoms with Gasteiger partial charge in [0.15, 0.2) is 11.4 Å². The summed E-state index contributed by atoms with van der Waals surface area (Å²) in [5.41, 5.74) is -0.430. The summed E-state index contributed by atoms with van der Waals surface area (Å²) in [5, 5.41) is 0.743. The van der Waals surface area contributed by atoms with Crippen molar-refractivity contribution in [2.24, 2.45) is 28.6 Å². The SMILES string of the molecule is CCCC(=O)O[C@H]1C=C2C(Cl)=C[C@@H]3[C@H](CC[C@@]4(C)[C@H]3CC[C@]4(OC(C)=O)C(C)=O)[C@@]2(C)CC1. The van der Waals surface area contributed by atoms with E-state index in [-0.39, 0.29) is 41.1 Å². The Balaban J connectivity index is 1.68. The molecule has 4 aliphatic carbocycles. The molecule has 182 valence electrons. The molecule has 0 amide bonds. The van der Waals surface area contributed by atoms with E-state index in [1.165, 1.54) is 6.92 Å². The summed E-state index contributed by atoms with van der Waals surface area (Å²) >= 11 is 6.92. The van der Waals surface area contributed by atoms with Gasteiger partial charge in [0, 0.05) is 23.8 Å². The van der Waals surface area contributed by atoms with Crippen molar-refractivity contribution >= 4 is 29.3 Å². The zero-order valence-electron chi connectivity index (χ0n) is 20.5. The Morgan fingerprint density at radius 1 is 1.03 bits per heavy atom. The third-order valence-electron chi connectivity index (χ3n) is 9.41. The molecule has 0 spiro atoms. The fourth-order valence-electron chi connectivity index (χ4n) is 7.79. The van der Waals surface area contributed by atoms with Crippen LogP contribution in [0.1, 0.15) is 86.0 Å². The van der Waals surface area contributed by atoms with Crippen molar-refractivity contribution < 1.29 is 23.9 Å². The highest BCUT2D eigenvalue weighted by Crippen LogP contribution is 2.68. The monoisotopic (exact) mass is 476 g/mol. The van der Waals surface area contributed by atoms with Crippen LogP contribution in [0.2, 0.25) is 0 Å². The van der Waals surface area contributed by atoms with Crippen molar-refractivity contribution in [1.82, 2.24) is 0 Å². The van der Waals surface area contributed by atoms with E-state index in [0.29, 0.717) is 18.8 Å². The highest BCUT2D eigenvalue weighted by molar-refractivity contribution is 6.32. The molecule has 0 aliphatic heterocycles. The molecule has 0 aromatic rings. The van der Waals surface area contributed by atoms with Crippen LogP contribution in [-0.2, 0) is 23.9 Å². The molecule has 0 bridgehead atoms. The number of rotatable bonds is 5. The second-order valence-corrected chi connectivity index (χ2v) is 11.5. The van der Waals surface area contributed by atoms with Crippen molar-refractivity contribution in [3.8, 4) is 0 Å². The molecule has 5 nitrogen and oxygen atoms in total. The Morgan fingerprint density at radius 3 is 2.36 bits per heavy atom. The number of hydrogen-bond acceptors (Lipinski definition) is 5. The molecule has 0 radical (unpaired) electrons. The molecular formula is C27H37ClO5. The molecule has 33 heavy (non-hydrogen) atoms. The molecular weight excluding hydrogens is 440 g/mol. The van der Waals surface area contributed by atoms with Crippen LogP contribution in [-0.4, -0.2) is 29.4 Å². The minimum Gasteiger partial charge on any atom is -0.458 e. The van der Waals surface area contributed by atoms with E-state index >= 15 is 0 Å². The van der Waals surface area contributed by atoms with Gasteiger partial charge in [0.2, 0.25) is 0 Å². The highest BCUT2D eigenvalue weighted by Gasteiger charge is 2.67. The highest BCUT2D eigenvalue weighted by atomic mass is 35.5. The van der Waals surface area contributed by atoms with E-state index in [0.717, 1.165) is 49.1 Å². The summed E-state index contributed by atoms with van der Waals surface area (Å²) in [6.07, 6.45) is 10.2. The number of halogens is 1. The van der Waals surface area contributed by atoms with Crippen molar-refractivity contribution in [1.29, 1.82) is 0 Å². The lowest BCUT2D eigenvalue weighted by Crippen LogP contribution is -2.58. The predicted octanol–water partition coefficient (Wildman–Crippen LogP) is 5.89. The Hall–Kier alpha value is -1.62. The van der Waals surface area contributed by atoms with Crippen molar-refractivity contribution in [3.63, 3.8) is 0 Å². The van der Waals surface area contributed by atoms with E-state index in [1.54, 1.807) is 6.92 Å². The zero-order chi connectivity index (χ0) is 24.2. The van der Waals surface area contributed by atoms with Gasteiger partial charge in [-0.05, 0) is 86.7 Å². The number of carbonyl (C=O) groups excluding carboxylic acids is 3. The second kappa shape index (κ2) is 8.55. The largest absolute Gasteiger partial charge is 0.458 e. The number of allylic oxidation sites excluding steroid dienone is 3. The summed E-state index contributed by atoms with van der Waals surface area (Å²) in [4.78, 5) is 36.9. The van der Waals surface area contributed by atoms with Crippen LogP contribution < -0.4 is 0 Å². The Kier molecular flexibility index (Phi) is 6.35. The van der Waals surface area contributed by atoms with Crippen molar-refractivity contribution in [3.05, 3.63) is 22.8 Å². The summed E-state index contributed by atoms with van der Waals surface area (Å²) in [6, 6.07) is 0. The summed E-state index contributed by atoms with van der Waals surface area (Å²) < 4.78 is 11.5. The van der Waals surface area contributed by atoms with E-state index in [9.17, 15) is 14.4 Å². The van der Waals surface area contributed by atoms with Gasteiger partial charge in [-0.15, -0.1) is 0 Å². The van der Waals surface area contributed by atoms with Gasteiger partial charge in [0.05, 0.1) is 0 Å². The third-order valence-corrected chi connectivity index (χ3v) is 9.74. The molecule has 0 unspecified atom stereocenters. The molecule has 0 N–H and O–H groups in total. The molecule has 0 heterocycles. The van der Waals surface area contributed by atoms with Gasteiger partial charge in [-0.2, -0.15) is 0 Å². The van der Waals surface area contributed by atoms with Crippen molar-refractivity contribution in [2.75, 3.05) is 0 Å². The number of esters is 2. The fourth-order valence-corrected chi connectivity index (χ4v) is 8.22. The molecule has 4 rings (SSSR count). The van der Waals surface area contributed by atoms with Crippen LogP contribution >= 0.6 is 11.6 Å². The van der Waals surface area contributed by atoms with Gasteiger partial charge >= 0.3 is 11.9 Å². The lowest BCUT2D eigenvalue weighted by atomic mass is 9.48. The molecule has 2 fully saturated rings. The lowest BCUT2D eigenvalue weighted by Gasteiger charge is -2.58. The topological polar surface area (TPSA) is 69.7 Å². The Bertz CT molecular complexity index is 921. The zero-order valence-corrected chi connectivity index (χ0v) is 21.3. The maximum atomic E-state index is 12.9. The van der Waals surface area contributed by atoms with Crippen molar-refractivity contribution in [2.45, 2.75) is 97.7 Å². The maximum absolute atomic E-state index is 12.9. The van der Waals surface area contributed by atoms with Gasteiger partial charge in [-0.1, -0.05) is 38.4 Å². The molecule has 0 aromatic heterocycles. The standard InChI is InChI=1S/C27H37ClO5/c1-6-7-24(31)32-18-8-11-25(4)20-9-12-26(5)21(19(20)15-23(28)22(25)14-18)10-13-27(26,16(2)29)33-17(3)30/h14-15,18-21H,6-13H2,1-5H3/t18-,19-,20+,21+,25-,26+,27+/m1/s1. The van der Waals surface area contributed by atoms with E-state index in [1.807, 2.05) is 6.92 Å². The molecule has 0 saturated heterocycles. The van der Waals surface area contributed by atoms with E-state index < -0.39 is 11.0 Å². The minimum atomic E-state index is -1.04. The predicted molar refractivity (Wildman–Crippen MR) is 126 cm³/mol. The first kappa shape index (κ1) is 24.5. The van der Waals surface area contributed by atoms with E-state index in [2.05, 4.69) is 26.0 Å². The number of fused-ring (bicyclic) bond motifs is 5. The molecule has 0 aromatic carbocycles. The average molecular weight is 477 g/mol. The van der Waals surface area contributed by atoms with Crippen LogP contribution in [0, 0.1) is 28.6 Å². The van der Waals surface area contributed by atoms with E-state index in [4.69, 9.17) is 21.1 Å². The number of Topliss-reactive ketones (excluding diaryl/α,β-unsaturated/α-hetero) is 1. The minimum absolute atomic E-state index is 0.0479. The third kappa shape index (κ3) is 3.69. The first-order valence-corrected chi connectivity index (χ1v) is 12.9. The van der Waals surface area contributed by atoms with Crippen LogP contribution in [0.4, 0.5) is 0 Å². The van der Waals surface area contributed by atoms with Gasteiger partial charge < -0.3 is 9.47 Å². The maximum Gasteiger partial charge on any atom is 0.306 e. The molecule has 4 aliphatic rings. The van der Waals surface area contributed by atoms with Crippen LogP contribution in [0.3, 0.4) is 0 Å². The number of ketones is 1. The van der Waals surface area contributed by atoms with Crippen LogP contribution in [0.15, 0.2) is 22.8 Å². The van der Waals surface area contributed by atoms with Gasteiger partial charge in [-0.25, -0.2) is 0 Å². The first-order valence-electron chi connectivity index (χ1n) is 12.5. The number of hydrogen-bond donors (Lipinski definition) is 0.